The average Bonchev–Trinajstić information content (AvgIpc) is 2.38. The van der Waals surface area contributed by atoms with Crippen molar-refractivity contribution in [1.29, 1.82) is 0 Å². The van der Waals surface area contributed by atoms with Crippen LogP contribution in [0.1, 0.15) is 21.6 Å². The molecule has 0 saturated carbocycles. The van der Waals surface area contributed by atoms with Crippen molar-refractivity contribution in [2.45, 2.75) is 12.6 Å². The first-order chi connectivity index (χ1) is 9.39. The normalized spacial score (nSPS) is 11.3. The predicted molar refractivity (Wildman–Crippen MR) is 65.4 cm³/mol. The predicted octanol–water partition coefficient (Wildman–Crippen LogP) is 3.23. The molecule has 0 aliphatic carbocycles. The van der Waals surface area contributed by atoms with Crippen LogP contribution in [0.4, 0.5) is 13.2 Å². The number of carbonyl (C=O) groups is 1. The van der Waals surface area contributed by atoms with E-state index < -0.39 is 23.9 Å². The molecule has 0 radical (unpaired) electrons. The summed E-state index contributed by atoms with van der Waals surface area (Å²) in [5.41, 5.74) is -1.23. The van der Waals surface area contributed by atoms with E-state index in [-0.39, 0.29) is 17.0 Å². The summed E-state index contributed by atoms with van der Waals surface area (Å²) >= 11 is 0. The average molecular weight is 281 g/mol. The lowest BCUT2D eigenvalue weighted by Gasteiger charge is -2.12. The first-order valence-corrected chi connectivity index (χ1v) is 5.72. The Kier molecular flexibility index (Phi) is 3.74. The number of Topliss-reactive ketones (excluding diaryl/α,β-unsaturated/α-hetero) is 1. The van der Waals surface area contributed by atoms with Crippen molar-refractivity contribution < 1.29 is 23.1 Å². The third-order valence-corrected chi connectivity index (χ3v) is 2.72. The molecule has 1 aromatic heterocycles. The molecule has 0 fully saturated rings. The Hall–Kier alpha value is -2.37. The van der Waals surface area contributed by atoms with Crippen molar-refractivity contribution in [2.24, 2.45) is 0 Å². The van der Waals surface area contributed by atoms with Crippen LogP contribution in [0.5, 0.6) is 5.75 Å². The fourth-order valence-electron chi connectivity index (χ4n) is 1.82. The molecule has 0 amide bonds. The van der Waals surface area contributed by atoms with E-state index in [1.807, 2.05) is 0 Å². The van der Waals surface area contributed by atoms with Gasteiger partial charge in [-0.1, -0.05) is 18.2 Å². The molecule has 0 aliphatic heterocycles. The minimum absolute atomic E-state index is 0.143. The van der Waals surface area contributed by atoms with Gasteiger partial charge in [0.1, 0.15) is 11.4 Å². The molecular formula is C14H10F3NO2. The number of hydrogen-bond acceptors (Lipinski definition) is 3. The zero-order valence-corrected chi connectivity index (χ0v) is 10.2. The summed E-state index contributed by atoms with van der Waals surface area (Å²) in [6.45, 7) is 0. The molecule has 2 aromatic rings. The Morgan fingerprint density at radius 1 is 1.15 bits per heavy atom. The molecule has 0 saturated heterocycles. The number of halogens is 3. The van der Waals surface area contributed by atoms with Crippen LogP contribution in [0.25, 0.3) is 0 Å². The Balaban J connectivity index is 2.32. The van der Waals surface area contributed by atoms with Crippen molar-refractivity contribution in [3.63, 3.8) is 0 Å². The van der Waals surface area contributed by atoms with Crippen LogP contribution < -0.4 is 0 Å². The SMILES string of the molecule is O=C(Cc1ccccc1C(F)(F)F)c1ncccc1O. The Labute approximate surface area is 112 Å². The van der Waals surface area contributed by atoms with Crippen molar-refractivity contribution in [1.82, 2.24) is 4.98 Å². The van der Waals surface area contributed by atoms with Crippen LogP contribution in [0.15, 0.2) is 42.6 Å². The highest BCUT2D eigenvalue weighted by atomic mass is 19.4. The molecule has 20 heavy (non-hydrogen) atoms. The summed E-state index contributed by atoms with van der Waals surface area (Å²) in [7, 11) is 0. The molecule has 104 valence electrons. The van der Waals surface area contributed by atoms with E-state index in [1.165, 1.54) is 36.5 Å². The molecule has 0 aliphatic rings. The van der Waals surface area contributed by atoms with E-state index in [2.05, 4.69) is 4.98 Å². The van der Waals surface area contributed by atoms with Gasteiger partial charge in [-0.05, 0) is 23.8 Å². The molecule has 1 aromatic carbocycles. The zero-order chi connectivity index (χ0) is 14.8. The van der Waals surface area contributed by atoms with Gasteiger partial charge < -0.3 is 5.11 Å². The largest absolute Gasteiger partial charge is 0.506 e. The lowest BCUT2D eigenvalue weighted by atomic mass is 10.0. The molecule has 1 heterocycles. The minimum atomic E-state index is -4.52. The highest BCUT2D eigenvalue weighted by Crippen LogP contribution is 2.32. The monoisotopic (exact) mass is 281 g/mol. The molecule has 2 rings (SSSR count). The molecule has 0 unspecified atom stereocenters. The molecule has 3 nitrogen and oxygen atoms in total. The van der Waals surface area contributed by atoms with Crippen molar-refractivity contribution in [2.75, 3.05) is 0 Å². The second-order valence-corrected chi connectivity index (χ2v) is 4.13. The Morgan fingerprint density at radius 2 is 1.85 bits per heavy atom. The van der Waals surface area contributed by atoms with Crippen molar-refractivity contribution in [3.8, 4) is 5.75 Å². The molecule has 1 N–H and O–H groups in total. The summed E-state index contributed by atoms with van der Waals surface area (Å²) in [4.78, 5) is 15.6. The number of aromatic hydroxyl groups is 1. The molecule has 0 spiro atoms. The van der Waals surface area contributed by atoms with Crippen LogP contribution in [-0.2, 0) is 12.6 Å². The second kappa shape index (κ2) is 5.32. The van der Waals surface area contributed by atoms with E-state index in [1.54, 1.807) is 0 Å². The molecule has 0 atom stereocenters. The highest BCUT2D eigenvalue weighted by molar-refractivity contribution is 5.98. The number of hydrogen-bond donors (Lipinski definition) is 1. The third-order valence-electron chi connectivity index (χ3n) is 2.72. The number of nitrogens with zero attached hydrogens (tertiary/aromatic N) is 1. The lowest BCUT2D eigenvalue weighted by molar-refractivity contribution is -0.138. The minimum Gasteiger partial charge on any atom is -0.506 e. The van der Waals surface area contributed by atoms with Crippen LogP contribution in [0.2, 0.25) is 0 Å². The maximum Gasteiger partial charge on any atom is 0.416 e. The van der Waals surface area contributed by atoms with Gasteiger partial charge in [0.05, 0.1) is 5.56 Å². The Morgan fingerprint density at radius 3 is 2.50 bits per heavy atom. The van der Waals surface area contributed by atoms with E-state index in [9.17, 15) is 23.1 Å². The van der Waals surface area contributed by atoms with Crippen LogP contribution >= 0.6 is 0 Å². The zero-order valence-electron chi connectivity index (χ0n) is 10.2. The summed E-state index contributed by atoms with van der Waals surface area (Å²) < 4.78 is 38.4. The smallest absolute Gasteiger partial charge is 0.416 e. The van der Waals surface area contributed by atoms with Crippen LogP contribution in [0.3, 0.4) is 0 Å². The van der Waals surface area contributed by atoms with Gasteiger partial charge in [-0.3, -0.25) is 4.79 Å². The summed E-state index contributed by atoms with van der Waals surface area (Å²) in [5.74, 6) is -1.01. The lowest BCUT2D eigenvalue weighted by Crippen LogP contribution is -2.13. The summed E-state index contributed by atoms with van der Waals surface area (Å²) in [6, 6.07) is 7.53. The quantitative estimate of drug-likeness (QED) is 0.879. The third kappa shape index (κ3) is 2.96. The number of alkyl halides is 3. The number of carbonyl (C=O) groups excluding carboxylic acids is 1. The van der Waals surface area contributed by atoms with Crippen LogP contribution in [-0.4, -0.2) is 15.9 Å². The van der Waals surface area contributed by atoms with Gasteiger partial charge in [-0.25, -0.2) is 4.98 Å². The molecular weight excluding hydrogens is 271 g/mol. The van der Waals surface area contributed by atoms with Gasteiger partial charge in [0.2, 0.25) is 0 Å². The fourth-order valence-corrected chi connectivity index (χ4v) is 1.82. The topological polar surface area (TPSA) is 50.2 Å². The van der Waals surface area contributed by atoms with Crippen molar-refractivity contribution in [3.05, 3.63) is 59.4 Å². The number of pyridine rings is 1. The molecule has 0 bridgehead atoms. The first kappa shape index (κ1) is 14.0. The fraction of sp³-hybridized carbons (Fsp3) is 0.143. The van der Waals surface area contributed by atoms with E-state index in [0.29, 0.717) is 0 Å². The number of rotatable bonds is 3. The van der Waals surface area contributed by atoms with E-state index in [0.717, 1.165) is 6.07 Å². The second-order valence-electron chi connectivity index (χ2n) is 4.13. The van der Waals surface area contributed by atoms with Gasteiger partial charge in [-0.2, -0.15) is 13.2 Å². The van der Waals surface area contributed by atoms with Crippen molar-refractivity contribution >= 4 is 5.78 Å². The van der Waals surface area contributed by atoms with Crippen LogP contribution in [0, 0.1) is 0 Å². The molecule has 6 heteroatoms. The standard InChI is InChI=1S/C14H10F3NO2/c15-14(16,17)10-5-2-1-4-9(10)8-12(20)13-11(19)6-3-7-18-13/h1-7,19H,8H2. The van der Waals surface area contributed by atoms with Gasteiger partial charge >= 0.3 is 6.18 Å². The van der Waals surface area contributed by atoms with Gasteiger partial charge in [-0.15, -0.1) is 0 Å². The van der Waals surface area contributed by atoms with E-state index in [4.69, 9.17) is 0 Å². The van der Waals surface area contributed by atoms with Gasteiger partial charge in [0.25, 0.3) is 0 Å². The number of ketones is 1. The summed E-state index contributed by atoms with van der Waals surface area (Å²) in [6.07, 6.45) is -3.70. The summed E-state index contributed by atoms with van der Waals surface area (Å²) in [5, 5.41) is 9.48. The number of aromatic nitrogens is 1. The maximum atomic E-state index is 12.8. The number of benzene rings is 1. The van der Waals surface area contributed by atoms with Gasteiger partial charge in [0, 0.05) is 12.6 Å². The Bertz CT molecular complexity index is 638. The first-order valence-electron chi connectivity index (χ1n) is 5.72. The van der Waals surface area contributed by atoms with E-state index >= 15 is 0 Å². The highest BCUT2D eigenvalue weighted by Gasteiger charge is 2.33. The van der Waals surface area contributed by atoms with Gasteiger partial charge in [0.15, 0.2) is 5.78 Å². The maximum absolute atomic E-state index is 12.8.